The van der Waals surface area contributed by atoms with Gasteiger partial charge in [0.25, 0.3) is 5.69 Å². The summed E-state index contributed by atoms with van der Waals surface area (Å²) in [6.07, 6.45) is 1.60. The van der Waals surface area contributed by atoms with Crippen molar-refractivity contribution in [1.29, 1.82) is 0 Å². The lowest BCUT2D eigenvalue weighted by molar-refractivity contribution is -0.384. The van der Waals surface area contributed by atoms with Crippen molar-refractivity contribution in [2.24, 2.45) is 5.10 Å². The Bertz CT molecular complexity index is 359. The van der Waals surface area contributed by atoms with E-state index in [1.54, 1.807) is 23.4 Å². The van der Waals surface area contributed by atoms with Crippen molar-refractivity contribution in [1.82, 2.24) is 4.90 Å². The zero-order valence-electron chi connectivity index (χ0n) is 8.54. The number of nitrogens with zero attached hydrogens (tertiary/aromatic N) is 3. The van der Waals surface area contributed by atoms with Crippen LogP contribution in [0.15, 0.2) is 29.4 Å². The molecule has 6 nitrogen and oxygen atoms in total. The molecule has 6 heteroatoms. The summed E-state index contributed by atoms with van der Waals surface area (Å²) in [6, 6.07) is 6.05. The SMILES string of the molecule is CN(C)/C=N/Nc1ccc([N+](=O)[O-])cc1. The second kappa shape index (κ2) is 4.94. The van der Waals surface area contributed by atoms with Gasteiger partial charge in [0, 0.05) is 26.2 Å². The Labute approximate surface area is 87.4 Å². The van der Waals surface area contributed by atoms with Crippen LogP contribution in [0.1, 0.15) is 0 Å². The molecule has 0 aromatic heterocycles. The Balaban J connectivity index is 2.61. The number of anilines is 1. The summed E-state index contributed by atoms with van der Waals surface area (Å²) in [5.74, 6) is 0. The van der Waals surface area contributed by atoms with E-state index >= 15 is 0 Å². The Morgan fingerprint density at radius 2 is 2.00 bits per heavy atom. The van der Waals surface area contributed by atoms with Crippen LogP contribution in [0.25, 0.3) is 0 Å². The van der Waals surface area contributed by atoms with Crippen molar-refractivity contribution in [3.8, 4) is 0 Å². The maximum atomic E-state index is 10.4. The van der Waals surface area contributed by atoms with E-state index in [1.165, 1.54) is 12.1 Å². The number of nitro groups is 1. The fourth-order valence-corrected chi connectivity index (χ4v) is 0.877. The lowest BCUT2D eigenvalue weighted by atomic mass is 10.3. The van der Waals surface area contributed by atoms with Gasteiger partial charge < -0.3 is 4.90 Å². The molecular weight excluding hydrogens is 196 g/mol. The molecule has 0 heterocycles. The van der Waals surface area contributed by atoms with Crippen molar-refractivity contribution < 1.29 is 4.92 Å². The van der Waals surface area contributed by atoms with Gasteiger partial charge in [0.2, 0.25) is 0 Å². The molecule has 0 amide bonds. The summed E-state index contributed by atoms with van der Waals surface area (Å²) in [4.78, 5) is 11.7. The summed E-state index contributed by atoms with van der Waals surface area (Å²) < 4.78 is 0. The molecule has 0 saturated carbocycles. The van der Waals surface area contributed by atoms with Gasteiger partial charge in [-0.3, -0.25) is 15.5 Å². The largest absolute Gasteiger partial charge is 0.367 e. The molecule has 15 heavy (non-hydrogen) atoms. The summed E-state index contributed by atoms with van der Waals surface area (Å²) >= 11 is 0. The minimum atomic E-state index is -0.438. The standard InChI is InChI=1S/C9H12N4O2/c1-12(2)7-10-11-8-3-5-9(6-4-8)13(14)15/h3-7,11H,1-2H3/b10-7+. The maximum Gasteiger partial charge on any atom is 0.269 e. The third-order valence-corrected chi connectivity index (χ3v) is 1.56. The van der Waals surface area contributed by atoms with Crippen molar-refractivity contribution in [3.63, 3.8) is 0 Å². The summed E-state index contributed by atoms with van der Waals surface area (Å²) in [7, 11) is 3.70. The van der Waals surface area contributed by atoms with E-state index in [1.807, 2.05) is 14.1 Å². The highest BCUT2D eigenvalue weighted by atomic mass is 16.6. The van der Waals surface area contributed by atoms with E-state index in [9.17, 15) is 10.1 Å². The second-order valence-corrected chi connectivity index (χ2v) is 3.12. The summed E-state index contributed by atoms with van der Waals surface area (Å²) in [5.41, 5.74) is 3.52. The highest BCUT2D eigenvalue weighted by molar-refractivity contribution is 5.57. The van der Waals surface area contributed by atoms with Gasteiger partial charge >= 0.3 is 0 Å². The first kappa shape index (κ1) is 11.0. The normalized spacial score (nSPS) is 10.3. The van der Waals surface area contributed by atoms with Crippen LogP contribution in [-0.4, -0.2) is 30.3 Å². The molecule has 0 fully saturated rings. The van der Waals surface area contributed by atoms with Gasteiger partial charge in [0.05, 0.1) is 10.6 Å². The average Bonchev–Trinajstić information content (AvgIpc) is 2.18. The van der Waals surface area contributed by atoms with E-state index in [0.29, 0.717) is 5.69 Å². The van der Waals surface area contributed by atoms with Crippen LogP contribution in [-0.2, 0) is 0 Å². The van der Waals surface area contributed by atoms with E-state index < -0.39 is 4.92 Å². The third kappa shape index (κ3) is 3.63. The van der Waals surface area contributed by atoms with Crippen LogP contribution in [0, 0.1) is 10.1 Å². The number of nitro benzene ring substituents is 1. The van der Waals surface area contributed by atoms with Crippen molar-refractivity contribution in [2.75, 3.05) is 19.5 Å². The zero-order valence-corrected chi connectivity index (χ0v) is 8.54. The fraction of sp³-hybridized carbons (Fsp3) is 0.222. The Kier molecular flexibility index (Phi) is 3.61. The summed E-state index contributed by atoms with van der Waals surface area (Å²) in [6.45, 7) is 0. The zero-order chi connectivity index (χ0) is 11.3. The van der Waals surface area contributed by atoms with Gasteiger partial charge in [0.1, 0.15) is 6.34 Å². The number of rotatable bonds is 4. The first-order valence-corrected chi connectivity index (χ1v) is 4.29. The Morgan fingerprint density at radius 3 is 2.47 bits per heavy atom. The second-order valence-electron chi connectivity index (χ2n) is 3.12. The third-order valence-electron chi connectivity index (χ3n) is 1.56. The van der Waals surface area contributed by atoms with E-state index in [-0.39, 0.29) is 5.69 Å². The molecular formula is C9H12N4O2. The molecule has 0 unspecified atom stereocenters. The van der Waals surface area contributed by atoms with E-state index in [2.05, 4.69) is 10.5 Å². The molecule has 0 bridgehead atoms. The van der Waals surface area contributed by atoms with Crippen LogP contribution in [0.5, 0.6) is 0 Å². The topological polar surface area (TPSA) is 70.8 Å². The lowest BCUT2D eigenvalue weighted by Crippen LogP contribution is -2.09. The molecule has 1 aromatic rings. The Hall–Kier alpha value is -2.11. The molecule has 1 N–H and O–H groups in total. The molecule has 0 radical (unpaired) electrons. The molecule has 0 spiro atoms. The maximum absolute atomic E-state index is 10.4. The van der Waals surface area contributed by atoms with Crippen LogP contribution in [0.3, 0.4) is 0 Å². The molecule has 0 aliphatic carbocycles. The predicted octanol–water partition coefficient (Wildman–Crippen LogP) is 1.51. The molecule has 0 aliphatic rings. The molecule has 1 aromatic carbocycles. The highest BCUT2D eigenvalue weighted by Crippen LogP contribution is 2.14. The number of hydrazone groups is 1. The predicted molar refractivity (Wildman–Crippen MR) is 58.9 cm³/mol. The van der Waals surface area contributed by atoms with Crippen LogP contribution in [0.2, 0.25) is 0 Å². The van der Waals surface area contributed by atoms with Gasteiger partial charge in [0.15, 0.2) is 0 Å². The number of benzene rings is 1. The highest BCUT2D eigenvalue weighted by Gasteiger charge is 2.02. The first-order chi connectivity index (χ1) is 7.09. The lowest BCUT2D eigenvalue weighted by Gasteiger charge is -2.03. The quantitative estimate of drug-likeness (QED) is 0.352. The van der Waals surface area contributed by atoms with Crippen LogP contribution < -0.4 is 5.43 Å². The van der Waals surface area contributed by atoms with E-state index in [0.717, 1.165) is 0 Å². The van der Waals surface area contributed by atoms with Crippen molar-refractivity contribution in [2.45, 2.75) is 0 Å². The molecule has 1 rings (SSSR count). The molecule has 0 aliphatic heterocycles. The Morgan fingerprint density at radius 1 is 1.40 bits per heavy atom. The monoisotopic (exact) mass is 208 g/mol. The van der Waals surface area contributed by atoms with Crippen LogP contribution >= 0.6 is 0 Å². The van der Waals surface area contributed by atoms with Gasteiger partial charge in [-0.1, -0.05) is 0 Å². The van der Waals surface area contributed by atoms with Gasteiger partial charge in [-0.2, -0.15) is 5.10 Å². The number of non-ortho nitro benzene ring substituents is 1. The van der Waals surface area contributed by atoms with Gasteiger partial charge in [-0.05, 0) is 12.1 Å². The number of hydrogen-bond acceptors (Lipinski definition) is 4. The van der Waals surface area contributed by atoms with Crippen molar-refractivity contribution in [3.05, 3.63) is 34.4 Å². The van der Waals surface area contributed by atoms with Gasteiger partial charge in [-0.25, -0.2) is 0 Å². The van der Waals surface area contributed by atoms with E-state index in [4.69, 9.17) is 0 Å². The van der Waals surface area contributed by atoms with Crippen molar-refractivity contribution >= 4 is 17.7 Å². The fourth-order valence-electron chi connectivity index (χ4n) is 0.877. The molecule has 0 atom stereocenters. The van der Waals surface area contributed by atoms with Crippen LogP contribution in [0.4, 0.5) is 11.4 Å². The summed E-state index contributed by atoms with van der Waals surface area (Å²) in [5, 5.41) is 14.3. The van der Waals surface area contributed by atoms with Gasteiger partial charge in [-0.15, -0.1) is 0 Å². The number of hydrogen-bond donors (Lipinski definition) is 1. The smallest absolute Gasteiger partial charge is 0.269 e. The molecule has 80 valence electrons. The molecule has 0 saturated heterocycles. The first-order valence-electron chi connectivity index (χ1n) is 4.29. The number of nitrogens with one attached hydrogen (secondary N) is 1. The average molecular weight is 208 g/mol. The minimum absolute atomic E-state index is 0.0668. The minimum Gasteiger partial charge on any atom is -0.367 e.